The molecule has 0 spiro atoms. The highest BCUT2D eigenvalue weighted by molar-refractivity contribution is 7.89. The molecular formula is C23H18F6N4O3S. The van der Waals surface area contributed by atoms with E-state index in [-0.39, 0.29) is 21.7 Å². The third kappa shape index (κ3) is 5.74. The number of carbonyl (C=O) groups is 1. The molecule has 2 unspecified atom stereocenters. The van der Waals surface area contributed by atoms with Crippen LogP contribution in [0.4, 0.5) is 26.3 Å². The topological polar surface area (TPSA) is 92.3 Å². The van der Waals surface area contributed by atoms with Crippen LogP contribution < -0.4 is 5.32 Å². The fourth-order valence-electron chi connectivity index (χ4n) is 3.80. The van der Waals surface area contributed by atoms with E-state index in [0.29, 0.717) is 10.5 Å². The zero-order chi connectivity index (χ0) is 27.0. The number of hydrogen-bond acceptors (Lipinski definition) is 5. The number of aromatic nitrogens is 2. The van der Waals surface area contributed by atoms with Crippen LogP contribution in [-0.2, 0) is 27.5 Å². The van der Waals surface area contributed by atoms with E-state index in [1.165, 1.54) is 12.1 Å². The quantitative estimate of drug-likeness (QED) is 0.476. The van der Waals surface area contributed by atoms with Crippen LogP contribution in [0.15, 0.2) is 59.8 Å². The summed E-state index contributed by atoms with van der Waals surface area (Å²) in [7, 11) is -4.33. The Morgan fingerprint density at radius 1 is 1.05 bits per heavy atom. The average molecular weight is 544 g/mol. The third-order valence-electron chi connectivity index (χ3n) is 5.66. The van der Waals surface area contributed by atoms with Gasteiger partial charge in [0.2, 0.25) is 15.9 Å². The summed E-state index contributed by atoms with van der Waals surface area (Å²) in [6.07, 6.45) is -5.35. The van der Waals surface area contributed by atoms with Crippen LogP contribution in [0.5, 0.6) is 0 Å². The van der Waals surface area contributed by atoms with Crippen molar-refractivity contribution >= 4 is 15.9 Å². The molecule has 1 saturated heterocycles. The maximum Gasteiger partial charge on any atom is 0.434 e. The average Bonchev–Trinajstić information content (AvgIpc) is 3.26. The summed E-state index contributed by atoms with van der Waals surface area (Å²) in [5.41, 5.74) is -1.03. The van der Waals surface area contributed by atoms with Gasteiger partial charge in [0.25, 0.3) is 0 Å². The molecule has 1 N–H and O–H groups in total. The maximum absolute atomic E-state index is 14.4. The Labute approximate surface area is 207 Å². The number of sulfonamides is 1. The normalized spacial score (nSPS) is 18.6. The fraction of sp³-hybridized carbons (Fsp3) is 0.261. The minimum atomic E-state index is -4.68. The van der Waals surface area contributed by atoms with Gasteiger partial charge in [-0.1, -0.05) is 0 Å². The van der Waals surface area contributed by atoms with Gasteiger partial charge in [0.05, 0.1) is 23.0 Å². The van der Waals surface area contributed by atoms with E-state index in [1.54, 1.807) is 0 Å². The molecular weight excluding hydrogens is 526 g/mol. The van der Waals surface area contributed by atoms with Crippen molar-refractivity contribution < 1.29 is 39.6 Å². The first-order valence-corrected chi connectivity index (χ1v) is 12.2. The van der Waals surface area contributed by atoms with Gasteiger partial charge in [-0.2, -0.15) is 17.5 Å². The molecule has 37 heavy (non-hydrogen) atoms. The summed E-state index contributed by atoms with van der Waals surface area (Å²) in [5, 5.41) is 2.38. The van der Waals surface area contributed by atoms with E-state index in [1.807, 2.05) is 0 Å². The van der Waals surface area contributed by atoms with E-state index in [4.69, 9.17) is 0 Å². The van der Waals surface area contributed by atoms with Crippen molar-refractivity contribution in [2.75, 3.05) is 6.54 Å². The summed E-state index contributed by atoms with van der Waals surface area (Å²) in [5.74, 6) is -2.32. The summed E-state index contributed by atoms with van der Waals surface area (Å²) < 4.78 is 106. The molecule has 0 radical (unpaired) electrons. The molecule has 2 heterocycles. The lowest BCUT2D eigenvalue weighted by atomic mass is 10.1. The molecule has 196 valence electrons. The molecule has 2 aromatic carbocycles. The molecule has 4 rings (SSSR count). The molecule has 14 heteroatoms. The smallest absolute Gasteiger partial charge is 0.351 e. The first-order valence-electron chi connectivity index (χ1n) is 10.7. The number of rotatable bonds is 6. The molecule has 3 aromatic rings. The largest absolute Gasteiger partial charge is 0.434 e. The molecule has 1 fully saturated rings. The molecule has 1 amide bonds. The Bertz CT molecular complexity index is 1400. The highest BCUT2D eigenvalue weighted by atomic mass is 32.2. The monoisotopic (exact) mass is 544 g/mol. The second-order valence-corrected chi connectivity index (χ2v) is 10.1. The van der Waals surface area contributed by atoms with Crippen LogP contribution in [-0.4, -0.2) is 47.4 Å². The Hall–Kier alpha value is -3.52. The van der Waals surface area contributed by atoms with Gasteiger partial charge in [0.15, 0.2) is 5.69 Å². The van der Waals surface area contributed by atoms with Crippen molar-refractivity contribution in [1.82, 2.24) is 19.6 Å². The lowest BCUT2D eigenvalue weighted by Crippen LogP contribution is -2.45. The predicted octanol–water partition coefficient (Wildman–Crippen LogP) is 3.86. The lowest BCUT2D eigenvalue weighted by molar-refractivity contribution is -0.141. The highest BCUT2D eigenvalue weighted by Gasteiger charge is 2.44. The molecule has 0 saturated carbocycles. The van der Waals surface area contributed by atoms with Gasteiger partial charge < -0.3 is 5.32 Å². The van der Waals surface area contributed by atoms with Crippen LogP contribution in [0.3, 0.4) is 0 Å². The number of carbonyl (C=O) groups excluding carboxylic acids is 1. The van der Waals surface area contributed by atoms with Gasteiger partial charge in [-0.05, 0) is 42.5 Å². The highest BCUT2D eigenvalue weighted by Crippen LogP contribution is 2.30. The standard InChI is InChI=1S/C23H18F6N4O3S/c24-15-2-4-17(5-3-15)37(35,36)33-12-16(25)8-20(33)22(34)32-9-14-7-13(1-6-18(14)26)19-10-31-21(11-30-19)23(27,28)29/h1-7,10-11,16,20H,8-9,12H2,(H,32,34). The van der Waals surface area contributed by atoms with Crippen LogP contribution in [0.2, 0.25) is 0 Å². The molecule has 1 aromatic heterocycles. The Balaban J connectivity index is 1.50. The van der Waals surface area contributed by atoms with E-state index in [2.05, 4.69) is 15.3 Å². The molecule has 1 aliphatic rings. The van der Waals surface area contributed by atoms with Gasteiger partial charge in [-0.25, -0.2) is 26.6 Å². The van der Waals surface area contributed by atoms with Crippen molar-refractivity contribution in [2.45, 2.75) is 36.3 Å². The minimum Gasteiger partial charge on any atom is -0.351 e. The first-order chi connectivity index (χ1) is 17.4. The number of benzene rings is 2. The van der Waals surface area contributed by atoms with E-state index in [0.717, 1.165) is 36.5 Å². The minimum absolute atomic E-state index is 0.0215. The third-order valence-corrected chi connectivity index (χ3v) is 7.55. The summed E-state index contributed by atoms with van der Waals surface area (Å²) in [6.45, 7) is -1.02. The molecule has 1 aliphatic heterocycles. The van der Waals surface area contributed by atoms with Crippen LogP contribution >= 0.6 is 0 Å². The van der Waals surface area contributed by atoms with Crippen LogP contribution in [0.25, 0.3) is 11.3 Å². The summed E-state index contributed by atoms with van der Waals surface area (Å²) in [6, 6.07) is 5.92. The van der Waals surface area contributed by atoms with Crippen molar-refractivity contribution in [2.24, 2.45) is 0 Å². The zero-order valence-corrected chi connectivity index (χ0v) is 19.5. The van der Waals surface area contributed by atoms with Crippen molar-refractivity contribution in [3.63, 3.8) is 0 Å². The summed E-state index contributed by atoms with van der Waals surface area (Å²) in [4.78, 5) is 19.5. The number of halogens is 6. The van der Waals surface area contributed by atoms with Gasteiger partial charge in [-0.3, -0.25) is 9.78 Å². The van der Waals surface area contributed by atoms with Crippen molar-refractivity contribution in [3.05, 3.63) is 77.8 Å². The predicted molar refractivity (Wildman–Crippen MR) is 118 cm³/mol. The maximum atomic E-state index is 14.4. The van der Waals surface area contributed by atoms with E-state index in [9.17, 15) is 39.6 Å². The SMILES string of the molecule is O=C(NCc1cc(-c2cnc(C(F)(F)F)cn2)ccc1F)C1CC(F)CN1S(=O)(=O)c1ccc(F)cc1. The van der Waals surface area contributed by atoms with Gasteiger partial charge >= 0.3 is 6.18 Å². The number of nitrogens with one attached hydrogen (secondary N) is 1. The number of nitrogens with zero attached hydrogens (tertiary/aromatic N) is 3. The lowest BCUT2D eigenvalue weighted by Gasteiger charge is -2.23. The second kappa shape index (κ2) is 10.1. The summed E-state index contributed by atoms with van der Waals surface area (Å²) >= 11 is 0. The Morgan fingerprint density at radius 2 is 1.76 bits per heavy atom. The van der Waals surface area contributed by atoms with Crippen LogP contribution in [0, 0.1) is 11.6 Å². The molecule has 7 nitrogen and oxygen atoms in total. The van der Waals surface area contributed by atoms with Crippen molar-refractivity contribution in [3.8, 4) is 11.3 Å². The molecule has 2 atom stereocenters. The number of hydrogen-bond donors (Lipinski definition) is 1. The molecule has 0 aliphatic carbocycles. The first kappa shape index (κ1) is 26.5. The van der Waals surface area contributed by atoms with Gasteiger partial charge in [0.1, 0.15) is 23.8 Å². The number of alkyl halides is 4. The zero-order valence-electron chi connectivity index (χ0n) is 18.7. The van der Waals surface area contributed by atoms with Crippen molar-refractivity contribution in [1.29, 1.82) is 0 Å². The van der Waals surface area contributed by atoms with Crippen LogP contribution in [0.1, 0.15) is 17.7 Å². The number of amides is 1. The second-order valence-electron chi connectivity index (χ2n) is 8.19. The Morgan fingerprint density at radius 3 is 2.38 bits per heavy atom. The van der Waals surface area contributed by atoms with Gasteiger partial charge in [0, 0.05) is 30.6 Å². The Kier molecular flexibility index (Phi) is 7.24. The fourth-order valence-corrected chi connectivity index (χ4v) is 5.42. The van der Waals surface area contributed by atoms with E-state index < -0.39 is 71.2 Å². The van der Waals surface area contributed by atoms with E-state index >= 15 is 0 Å². The van der Waals surface area contributed by atoms with Gasteiger partial charge in [-0.15, -0.1) is 0 Å². The molecule has 0 bridgehead atoms.